The normalized spacial score (nSPS) is 16.6. The van der Waals surface area contributed by atoms with Gasteiger partial charge in [-0.3, -0.25) is 9.69 Å². The van der Waals surface area contributed by atoms with Gasteiger partial charge in [0.15, 0.2) is 0 Å². The summed E-state index contributed by atoms with van der Waals surface area (Å²) in [5, 5.41) is 0. The number of aryl methyl sites for hydroxylation is 1. The predicted octanol–water partition coefficient (Wildman–Crippen LogP) is 3.25. The first kappa shape index (κ1) is 17.7. The summed E-state index contributed by atoms with van der Waals surface area (Å²) in [4.78, 5) is 21.8. The second-order valence-corrected chi connectivity index (χ2v) is 7.41. The molecule has 5 heteroatoms. The summed E-state index contributed by atoms with van der Waals surface area (Å²) in [6.45, 7) is 8.43. The Morgan fingerprint density at radius 2 is 1.85 bits per heavy atom. The van der Waals surface area contributed by atoms with Gasteiger partial charge in [-0.05, 0) is 31.5 Å². The number of nitrogens with zero attached hydrogens (tertiary/aromatic N) is 4. The van der Waals surface area contributed by atoms with Crippen molar-refractivity contribution in [1.29, 1.82) is 0 Å². The molecular weight excluding hydrogens is 336 g/mol. The zero-order valence-electron chi connectivity index (χ0n) is 16.0. The predicted molar refractivity (Wildman–Crippen MR) is 107 cm³/mol. The Balaban J connectivity index is 1.38. The van der Waals surface area contributed by atoms with Crippen LogP contribution >= 0.6 is 0 Å². The molecule has 1 aliphatic rings. The lowest BCUT2D eigenvalue weighted by molar-refractivity contribution is -0.136. The summed E-state index contributed by atoms with van der Waals surface area (Å²) >= 11 is 0. The summed E-state index contributed by atoms with van der Waals surface area (Å²) in [7, 11) is 0. The lowest BCUT2D eigenvalue weighted by Crippen LogP contribution is -2.49. The van der Waals surface area contributed by atoms with Gasteiger partial charge in [-0.2, -0.15) is 0 Å². The lowest BCUT2D eigenvalue weighted by Gasteiger charge is -2.36. The van der Waals surface area contributed by atoms with Crippen molar-refractivity contribution in [1.82, 2.24) is 19.4 Å². The van der Waals surface area contributed by atoms with Gasteiger partial charge in [-0.25, -0.2) is 4.98 Å². The fraction of sp³-hybridized carbons (Fsp3) is 0.364. The molecule has 1 amide bonds. The average Bonchev–Trinajstić information content (AvgIpc) is 3.12. The number of para-hydroxylation sites is 2. The van der Waals surface area contributed by atoms with Gasteiger partial charge in [0.25, 0.3) is 0 Å². The zero-order valence-corrected chi connectivity index (χ0v) is 16.0. The Morgan fingerprint density at radius 3 is 2.63 bits per heavy atom. The fourth-order valence-corrected chi connectivity index (χ4v) is 3.87. The number of hydrogen-bond donors (Lipinski definition) is 0. The van der Waals surface area contributed by atoms with E-state index in [1.54, 1.807) is 6.33 Å². The van der Waals surface area contributed by atoms with E-state index in [-0.39, 0.29) is 11.9 Å². The maximum absolute atomic E-state index is 13.0. The fourth-order valence-electron chi connectivity index (χ4n) is 3.87. The minimum absolute atomic E-state index is 0.174. The molecule has 1 atom stereocenters. The molecule has 0 saturated carbocycles. The van der Waals surface area contributed by atoms with Gasteiger partial charge >= 0.3 is 0 Å². The van der Waals surface area contributed by atoms with Crippen LogP contribution in [0.5, 0.6) is 0 Å². The summed E-state index contributed by atoms with van der Waals surface area (Å²) in [6.07, 6.45) is 1.78. The Hall–Kier alpha value is -2.66. The molecule has 1 aliphatic heterocycles. The Kier molecular flexibility index (Phi) is 4.94. The van der Waals surface area contributed by atoms with Crippen LogP contribution in [0, 0.1) is 6.92 Å². The van der Waals surface area contributed by atoms with Crippen LogP contribution in [0.25, 0.3) is 11.0 Å². The van der Waals surface area contributed by atoms with E-state index in [0.717, 1.165) is 43.8 Å². The third-order valence-electron chi connectivity index (χ3n) is 5.43. The highest BCUT2D eigenvalue weighted by Crippen LogP contribution is 2.20. The van der Waals surface area contributed by atoms with Gasteiger partial charge in [0.2, 0.25) is 5.91 Å². The molecule has 27 heavy (non-hydrogen) atoms. The molecule has 0 bridgehead atoms. The largest absolute Gasteiger partial charge is 0.338 e. The minimum Gasteiger partial charge on any atom is -0.338 e. The van der Waals surface area contributed by atoms with E-state index >= 15 is 0 Å². The average molecular weight is 362 g/mol. The van der Waals surface area contributed by atoms with Crippen molar-refractivity contribution in [2.75, 3.05) is 26.2 Å². The van der Waals surface area contributed by atoms with Crippen molar-refractivity contribution < 1.29 is 4.79 Å². The Bertz CT molecular complexity index is 940. The topological polar surface area (TPSA) is 41.4 Å². The smallest absolute Gasteiger partial charge is 0.245 e. The summed E-state index contributed by atoms with van der Waals surface area (Å²) < 4.78 is 1.98. The van der Waals surface area contributed by atoms with Crippen molar-refractivity contribution in [3.05, 3.63) is 66.0 Å². The van der Waals surface area contributed by atoms with E-state index in [9.17, 15) is 4.79 Å². The Labute approximate surface area is 160 Å². The standard InChI is InChI=1S/C22H26N4O/c1-17-6-5-7-19(14-17)15-24-10-12-25(13-11-24)22(27)18(2)26-16-23-20-8-3-4-9-21(20)26/h3-9,14,16,18H,10-13,15H2,1-2H3. The second-order valence-electron chi connectivity index (χ2n) is 7.41. The molecule has 5 nitrogen and oxygen atoms in total. The van der Waals surface area contributed by atoms with Gasteiger partial charge in [-0.1, -0.05) is 42.0 Å². The van der Waals surface area contributed by atoms with Gasteiger partial charge in [0.05, 0.1) is 17.4 Å². The zero-order chi connectivity index (χ0) is 18.8. The molecule has 4 rings (SSSR count). The van der Waals surface area contributed by atoms with Crippen LogP contribution in [-0.2, 0) is 11.3 Å². The maximum atomic E-state index is 13.0. The van der Waals surface area contributed by atoms with Crippen LogP contribution in [0.15, 0.2) is 54.9 Å². The number of fused-ring (bicyclic) bond motifs is 1. The molecule has 1 unspecified atom stereocenters. The number of hydrogen-bond acceptors (Lipinski definition) is 3. The second kappa shape index (κ2) is 7.53. The highest BCUT2D eigenvalue weighted by Gasteiger charge is 2.26. The third kappa shape index (κ3) is 3.74. The molecule has 0 radical (unpaired) electrons. The van der Waals surface area contributed by atoms with Gasteiger partial charge < -0.3 is 9.47 Å². The van der Waals surface area contributed by atoms with Crippen molar-refractivity contribution in [3.63, 3.8) is 0 Å². The van der Waals surface area contributed by atoms with Crippen LogP contribution in [0.1, 0.15) is 24.1 Å². The maximum Gasteiger partial charge on any atom is 0.245 e. The number of piperazine rings is 1. The number of amides is 1. The molecule has 0 aliphatic carbocycles. The van der Waals surface area contributed by atoms with Crippen molar-refractivity contribution in [3.8, 4) is 0 Å². The van der Waals surface area contributed by atoms with Crippen molar-refractivity contribution in [2.45, 2.75) is 26.4 Å². The Morgan fingerprint density at radius 1 is 1.07 bits per heavy atom. The number of imidazole rings is 1. The third-order valence-corrected chi connectivity index (χ3v) is 5.43. The van der Waals surface area contributed by atoms with Crippen molar-refractivity contribution >= 4 is 16.9 Å². The number of carbonyl (C=O) groups excluding carboxylic acids is 1. The highest BCUT2D eigenvalue weighted by molar-refractivity contribution is 5.83. The number of carbonyl (C=O) groups is 1. The molecule has 140 valence electrons. The first-order valence-electron chi connectivity index (χ1n) is 9.60. The quantitative estimate of drug-likeness (QED) is 0.715. The molecule has 1 saturated heterocycles. The highest BCUT2D eigenvalue weighted by atomic mass is 16.2. The molecule has 3 aromatic rings. The minimum atomic E-state index is -0.235. The lowest BCUT2D eigenvalue weighted by atomic mass is 10.1. The van der Waals surface area contributed by atoms with Crippen LogP contribution in [0.3, 0.4) is 0 Å². The molecule has 2 aromatic carbocycles. The van der Waals surface area contributed by atoms with Crippen LogP contribution in [0.4, 0.5) is 0 Å². The van der Waals surface area contributed by atoms with E-state index < -0.39 is 0 Å². The molecule has 1 aromatic heterocycles. The monoisotopic (exact) mass is 362 g/mol. The summed E-state index contributed by atoms with van der Waals surface area (Å²) in [6, 6.07) is 16.4. The number of rotatable bonds is 4. The van der Waals surface area contributed by atoms with Crippen LogP contribution < -0.4 is 0 Å². The first-order chi connectivity index (χ1) is 13.1. The van der Waals surface area contributed by atoms with E-state index in [1.165, 1.54) is 11.1 Å². The molecule has 0 N–H and O–H groups in total. The van der Waals surface area contributed by atoms with Gasteiger partial charge in [-0.15, -0.1) is 0 Å². The van der Waals surface area contributed by atoms with E-state index in [1.807, 2.05) is 40.7 Å². The molecular formula is C22H26N4O. The molecule has 1 fully saturated rings. The first-order valence-corrected chi connectivity index (χ1v) is 9.60. The van der Waals surface area contributed by atoms with E-state index in [4.69, 9.17) is 0 Å². The van der Waals surface area contributed by atoms with Gasteiger partial charge in [0.1, 0.15) is 6.04 Å². The van der Waals surface area contributed by atoms with Crippen LogP contribution in [0.2, 0.25) is 0 Å². The number of aromatic nitrogens is 2. The molecule has 0 spiro atoms. The van der Waals surface area contributed by atoms with Gasteiger partial charge in [0, 0.05) is 32.7 Å². The van der Waals surface area contributed by atoms with Crippen molar-refractivity contribution in [2.24, 2.45) is 0 Å². The van der Waals surface area contributed by atoms with Crippen LogP contribution in [-0.4, -0.2) is 51.4 Å². The van der Waals surface area contributed by atoms with E-state index in [0.29, 0.717) is 0 Å². The summed E-state index contributed by atoms with van der Waals surface area (Å²) in [5.41, 5.74) is 4.58. The number of benzene rings is 2. The SMILES string of the molecule is Cc1cccc(CN2CCN(C(=O)C(C)n3cnc4ccccc43)CC2)c1. The van der Waals surface area contributed by atoms with E-state index in [2.05, 4.69) is 41.1 Å². The summed E-state index contributed by atoms with van der Waals surface area (Å²) in [5.74, 6) is 0.174. The molecule has 2 heterocycles.